The monoisotopic (exact) mass is 257 g/mol. The molecule has 0 aliphatic rings. The molecule has 2 rings (SSSR count). The van der Waals surface area contributed by atoms with Gasteiger partial charge in [-0.05, 0) is 12.1 Å². The molecule has 0 aliphatic carbocycles. The molecule has 0 unspecified atom stereocenters. The first-order valence-corrected chi connectivity index (χ1v) is 4.70. The van der Waals surface area contributed by atoms with Crippen molar-refractivity contribution in [3.63, 3.8) is 0 Å². The molecule has 0 aliphatic heterocycles. The van der Waals surface area contributed by atoms with Crippen LogP contribution in [0.15, 0.2) is 30.6 Å². The molecule has 0 saturated carbocycles. The van der Waals surface area contributed by atoms with Crippen LogP contribution in [0, 0.1) is 0 Å². The Morgan fingerprint density at radius 3 is 2.61 bits per heavy atom. The van der Waals surface area contributed by atoms with Crippen LogP contribution < -0.4 is 0 Å². The second-order valence-corrected chi connectivity index (χ2v) is 3.37. The Kier molecular flexibility index (Phi) is 2.77. The lowest BCUT2D eigenvalue weighted by atomic mass is 10.1. The Morgan fingerprint density at radius 2 is 2.06 bits per heavy atom. The zero-order valence-electron chi connectivity index (χ0n) is 8.72. The van der Waals surface area contributed by atoms with Gasteiger partial charge in [0.25, 0.3) is 0 Å². The standard InChI is InChI=1S/C10H6F3N3O2/c11-10(12,13)16-5-14-8(15-16)6-2-1-3-7(4-6)9(17)18/h1-5H,(H,17,18). The van der Waals surface area contributed by atoms with Crippen LogP contribution in [0.25, 0.3) is 11.4 Å². The summed E-state index contributed by atoms with van der Waals surface area (Å²) >= 11 is 0. The first-order valence-electron chi connectivity index (χ1n) is 4.70. The van der Waals surface area contributed by atoms with E-state index in [1.54, 1.807) is 0 Å². The van der Waals surface area contributed by atoms with E-state index < -0.39 is 12.3 Å². The number of halogens is 3. The number of carboxylic acid groups (broad SMARTS) is 1. The fourth-order valence-corrected chi connectivity index (χ4v) is 1.31. The van der Waals surface area contributed by atoms with Crippen LogP contribution in [0.1, 0.15) is 10.4 Å². The van der Waals surface area contributed by atoms with Crippen LogP contribution in [0.4, 0.5) is 13.2 Å². The number of rotatable bonds is 2. The van der Waals surface area contributed by atoms with E-state index in [0.29, 0.717) is 6.33 Å². The molecule has 94 valence electrons. The second kappa shape index (κ2) is 4.13. The Labute approximate surface area is 98.5 Å². The minimum atomic E-state index is -4.64. The lowest BCUT2D eigenvalue weighted by Gasteiger charge is -2.03. The summed E-state index contributed by atoms with van der Waals surface area (Å²) in [5, 5.41) is 12.0. The largest absolute Gasteiger partial charge is 0.505 e. The minimum absolute atomic E-state index is 0.0455. The maximum Gasteiger partial charge on any atom is 0.505 e. The van der Waals surface area contributed by atoms with Gasteiger partial charge in [-0.1, -0.05) is 12.1 Å². The number of hydrogen-bond acceptors (Lipinski definition) is 3. The molecule has 0 spiro atoms. The summed E-state index contributed by atoms with van der Waals surface area (Å²) in [7, 11) is 0. The molecule has 1 heterocycles. The van der Waals surface area contributed by atoms with Crippen LogP contribution in [-0.4, -0.2) is 25.8 Å². The number of aromatic nitrogens is 3. The summed E-state index contributed by atoms with van der Waals surface area (Å²) in [6.45, 7) is 0. The van der Waals surface area contributed by atoms with Gasteiger partial charge in [0.15, 0.2) is 5.82 Å². The van der Waals surface area contributed by atoms with Crippen LogP contribution in [0.2, 0.25) is 0 Å². The van der Waals surface area contributed by atoms with Crippen molar-refractivity contribution in [1.29, 1.82) is 0 Å². The number of benzene rings is 1. The Bertz CT molecular complexity index is 592. The van der Waals surface area contributed by atoms with E-state index in [-0.39, 0.29) is 21.6 Å². The molecule has 1 aromatic carbocycles. The highest BCUT2D eigenvalue weighted by molar-refractivity contribution is 5.89. The summed E-state index contributed by atoms with van der Waals surface area (Å²) in [5.74, 6) is -1.36. The Balaban J connectivity index is 2.40. The molecule has 0 atom stereocenters. The van der Waals surface area contributed by atoms with Crippen molar-refractivity contribution < 1.29 is 23.1 Å². The van der Waals surface area contributed by atoms with E-state index in [2.05, 4.69) is 10.1 Å². The average molecular weight is 257 g/mol. The smallest absolute Gasteiger partial charge is 0.478 e. The highest BCUT2D eigenvalue weighted by Crippen LogP contribution is 2.23. The zero-order chi connectivity index (χ0) is 13.3. The van der Waals surface area contributed by atoms with Crippen LogP contribution >= 0.6 is 0 Å². The van der Waals surface area contributed by atoms with Gasteiger partial charge in [0.2, 0.25) is 0 Å². The summed E-state index contributed by atoms with van der Waals surface area (Å²) in [4.78, 5) is 14.2. The van der Waals surface area contributed by atoms with Gasteiger partial charge in [-0.25, -0.2) is 9.78 Å². The number of alkyl halides is 3. The van der Waals surface area contributed by atoms with Crippen molar-refractivity contribution in [3.05, 3.63) is 36.2 Å². The number of aromatic carboxylic acids is 1. The van der Waals surface area contributed by atoms with Gasteiger partial charge < -0.3 is 5.11 Å². The second-order valence-electron chi connectivity index (χ2n) is 3.37. The highest BCUT2D eigenvalue weighted by atomic mass is 19.4. The SMILES string of the molecule is O=C(O)c1cccc(-c2ncn(C(F)(F)F)n2)c1. The molecule has 0 radical (unpaired) electrons. The number of carbonyl (C=O) groups is 1. The topological polar surface area (TPSA) is 68.0 Å². The molecule has 0 bridgehead atoms. The van der Waals surface area contributed by atoms with Crippen molar-refractivity contribution in [3.8, 4) is 11.4 Å². The summed E-state index contributed by atoms with van der Waals surface area (Å²) < 4.78 is 36.6. The van der Waals surface area contributed by atoms with Gasteiger partial charge in [0.05, 0.1) is 5.56 Å². The van der Waals surface area contributed by atoms with Gasteiger partial charge >= 0.3 is 12.3 Å². The first-order chi connectivity index (χ1) is 8.38. The normalized spacial score (nSPS) is 11.5. The zero-order valence-corrected chi connectivity index (χ0v) is 8.72. The maximum atomic E-state index is 12.3. The van der Waals surface area contributed by atoms with E-state index in [1.165, 1.54) is 24.3 Å². The summed E-state index contributed by atoms with van der Waals surface area (Å²) in [6, 6.07) is 5.38. The third-order valence-corrected chi connectivity index (χ3v) is 2.12. The number of carboxylic acids is 1. The molecule has 5 nitrogen and oxygen atoms in total. The van der Waals surface area contributed by atoms with Crippen molar-refractivity contribution >= 4 is 5.97 Å². The lowest BCUT2D eigenvalue weighted by molar-refractivity contribution is -0.212. The van der Waals surface area contributed by atoms with E-state index >= 15 is 0 Å². The van der Waals surface area contributed by atoms with Gasteiger partial charge in [-0.3, -0.25) is 0 Å². The van der Waals surface area contributed by atoms with Crippen LogP contribution in [0.3, 0.4) is 0 Å². The lowest BCUT2D eigenvalue weighted by Crippen LogP contribution is -2.17. The van der Waals surface area contributed by atoms with Gasteiger partial charge in [-0.15, -0.1) is 18.3 Å². The van der Waals surface area contributed by atoms with Crippen molar-refractivity contribution in [2.45, 2.75) is 6.30 Å². The fourth-order valence-electron chi connectivity index (χ4n) is 1.31. The predicted molar refractivity (Wildman–Crippen MR) is 53.7 cm³/mol. The Hall–Kier alpha value is -2.38. The molecule has 1 N–H and O–H groups in total. The minimum Gasteiger partial charge on any atom is -0.478 e. The molecule has 8 heteroatoms. The molecule has 2 aromatic rings. The van der Waals surface area contributed by atoms with Crippen molar-refractivity contribution in [1.82, 2.24) is 14.8 Å². The third kappa shape index (κ3) is 2.31. The number of hydrogen-bond donors (Lipinski definition) is 1. The maximum absolute atomic E-state index is 12.3. The highest BCUT2D eigenvalue weighted by Gasteiger charge is 2.32. The van der Waals surface area contributed by atoms with E-state index in [4.69, 9.17) is 5.11 Å². The molecule has 0 amide bonds. The Morgan fingerprint density at radius 1 is 1.33 bits per heavy atom. The van der Waals surface area contributed by atoms with Crippen LogP contribution in [0.5, 0.6) is 0 Å². The van der Waals surface area contributed by atoms with E-state index in [0.717, 1.165) is 0 Å². The molecule has 1 aromatic heterocycles. The molecule has 0 saturated heterocycles. The molecular weight excluding hydrogens is 251 g/mol. The van der Waals surface area contributed by atoms with Crippen molar-refractivity contribution in [2.75, 3.05) is 0 Å². The summed E-state index contributed by atoms with van der Waals surface area (Å²) in [5.41, 5.74) is 0.161. The van der Waals surface area contributed by atoms with Crippen molar-refractivity contribution in [2.24, 2.45) is 0 Å². The average Bonchev–Trinajstić information content (AvgIpc) is 2.78. The molecular formula is C10H6F3N3O2. The van der Waals surface area contributed by atoms with E-state index in [1.807, 2.05) is 0 Å². The molecule has 0 fully saturated rings. The van der Waals surface area contributed by atoms with Crippen LogP contribution in [-0.2, 0) is 6.30 Å². The number of nitrogens with zero attached hydrogens (tertiary/aromatic N) is 3. The van der Waals surface area contributed by atoms with E-state index in [9.17, 15) is 18.0 Å². The molecule has 18 heavy (non-hydrogen) atoms. The van der Waals surface area contributed by atoms with Gasteiger partial charge in [0, 0.05) is 5.56 Å². The van der Waals surface area contributed by atoms with Gasteiger partial charge in [0.1, 0.15) is 6.33 Å². The summed E-state index contributed by atoms with van der Waals surface area (Å²) in [6.07, 6.45) is -4.11. The quantitative estimate of drug-likeness (QED) is 0.894. The third-order valence-electron chi connectivity index (χ3n) is 2.12. The van der Waals surface area contributed by atoms with Gasteiger partial charge in [-0.2, -0.15) is 4.68 Å². The fraction of sp³-hybridized carbons (Fsp3) is 0.100. The first kappa shape index (κ1) is 12.1. The predicted octanol–water partition coefficient (Wildman–Crippen LogP) is 2.12.